The van der Waals surface area contributed by atoms with Gasteiger partial charge in [0.05, 0.1) is 6.54 Å². The number of likely N-dealkylation sites (tertiary alicyclic amines) is 1. The first-order valence-corrected chi connectivity index (χ1v) is 5.76. The van der Waals surface area contributed by atoms with Crippen LogP contribution in [0.4, 0.5) is 0 Å². The van der Waals surface area contributed by atoms with Gasteiger partial charge in [-0.1, -0.05) is 12.1 Å². The van der Waals surface area contributed by atoms with E-state index in [-0.39, 0.29) is 24.3 Å². The summed E-state index contributed by atoms with van der Waals surface area (Å²) in [4.78, 5) is 35.5. The lowest BCUT2D eigenvalue weighted by molar-refractivity contribution is -0.139. The molecule has 1 aromatic rings. The zero-order chi connectivity index (χ0) is 13.1. The van der Waals surface area contributed by atoms with Gasteiger partial charge in [-0.15, -0.1) is 0 Å². The zero-order valence-corrected chi connectivity index (χ0v) is 10.1. The van der Waals surface area contributed by atoms with Crippen molar-refractivity contribution in [2.75, 3.05) is 7.05 Å². The summed E-state index contributed by atoms with van der Waals surface area (Å²) >= 11 is 0. The summed E-state index contributed by atoms with van der Waals surface area (Å²) in [5.41, 5.74) is 1.39. The average Bonchev–Trinajstić information content (AvgIpc) is 2.70. The molecule has 1 aliphatic rings. The maximum Gasteiger partial charge on any atom is 0.251 e. The third-order valence-electron chi connectivity index (χ3n) is 2.94. The van der Waals surface area contributed by atoms with Gasteiger partial charge < -0.3 is 5.32 Å². The molecule has 18 heavy (non-hydrogen) atoms. The predicted molar refractivity (Wildman–Crippen MR) is 64.6 cm³/mol. The normalized spacial score (nSPS) is 15.1. The molecule has 1 aliphatic heterocycles. The fraction of sp³-hybridized carbons (Fsp3) is 0.308. The highest BCUT2D eigenvalue weighted by Crippen LogP contribution is 2.16. The molecule has 0 unspecified atom stereocenters. The first kappa shape index (κ1) is 12.3. The van der Waals surface area contributed by atoms with E-state index in [1.807, 2.05) is 0 Å². The fourth-order valence-corrected chi connectivity index (χ4v) is 1.89. The van der Waals surface area contributed by atoms with Gasteiger partial charge >= 0.3 is 0 Å². The van der Waals surface area contributed by atoms with Crippen LogP contribution in [0.3, 0.4) is 0 Å². The molecule has 94 valence electrons. The van der Waals surface area contributed by atoms with Crippen molar-refractivity contribution in [3.8, 4) is 0 Å². The summed E-state index contributed by atoms with van der Waals surface area (Å²) in [7, 11) is 1.57. The topological polar surface area (TPSA) is 66.5 Å². The van der Waals surface area contributed by atoms with Gasteiger partial charge in [-0.3, -0.25) is 19.3 Å². The van der Waals surface area contributed by atoms with Crippen LogP contribution >= 0.6 is 0 Å². The lowest BCUT2D eigenvalue weighted by Gasteiger charge is -2.13. The highest BCUT2D eigenvalue weighted by atomic mass is 16.2. The van der Waals surface area contributed by atoms with E-state index >= 15 is 0 Å². The maximum atomic E-state index is 11.5. The molecule has 0 saturated carbocycles. The number of imide groups is 1. The smallest absolute Gasteiger partial charge is 0.251 e. The number of hydrogen-bond acceptors (Lipinski definition) is 3. The summed E-state index contributed by atoms with van der Waals surface area (Å²) in [5, 5.41) is 2.53. The Kier molecular flexibility index (Phi) is 3.41. The van der Waals surface area contributed by atoms with E-state index < -0.39 is 0 Å². The van der Waals surface area contributed by atoms with Gasteiger partial charge in [0.25, 0.3) is 5.91 Å². The molecule has 0 spiro atoms. The number of amides is 3. The minimum Gasteiger partial charge on any atom is -0.355 e. The largest absolute Gasteiger partial charge is 0.355 e. The van der Waals surface area contributed by atoms with E-state index in [0.717, 1.165) is 5.56 Å². The highest BCUT2D eigenvalue weighted by molar-refractivity contribution is 6.01. The van der Waals surface area contributed by atoms with Crippen LogP contribution in [0.1, 0.15) is 28.8 Å². The summed E-state index contributed by atoms with van der Waals surface area (Å²) in [6.45, 7) is 0.283. The van der Waals surface area contributed by atoms with E-state index in [9.17, 15) is 14.4 Å². The Morgan fingerprint density at radius 2 is 1.72 bits per heavy atom. The second-order valence-corrected chi connectivity index (χ2v) is 4.15. The standard InChI is InChI=1S/C13H14N2O3/c1-14-13(18)10-4-2-9(3-5-10)8-15-11(16)6-7-12(15)17/h2-5H,6-8H2,1H3,(H,14,18). The molecular weight excluding hydrogens is 232 g/mol. The Morgan fingerprint density at radius 3 is 2.22 bits per heavy atom. The molecule has 1 fully saturated rings. The molecule has 0 radical (unpaired) electrons. The van der Waals surface area contributed by atoms with Gasteiger partial charge in [0.2, 0.25) is 11.8 Å². The predicted octanol–water partition coefficient (Wildman–Crippen LogP) is 0.695. The number of carbonyl (C=O) groups is 3. The van der Waals surface area contributed by atoms with Crippen molar-refractivity contribution in [1.29, 1.82) is 0 Å². The van der Waals surface area contributed by atoms with Gasteiger partial charge in [0, 0.05) is 25.5 Å². The molecule has 0 aromatic heterocycles. The Labute approximate surface area is 105 Å². The van der Waals surface area contributed by atoms with Crippen molar-refractivity contribution in [1.82, 2.24) is 10.2 Å². The molecule has 5 nitrogen and oxygen atoms in total. The van der Waals surface area contributed by atoms with E-state index in [0.29, 0.717) is 18.4 Å². The summed E-state index contributed by atoms with van der Waals surface area (Å²) in [6.07, 6.45) is 0.602. The van der Waals surface area contributed by atoms with E-state index in [1.54, 1.807) is 31.3 Å². The molecule has 0 bridgehead atoms. The van der Waals surface area contributed by atoms with Crippen LogP contribution < -0.4 is 5.32 Å². The van der Waals surface area contributed by atoms with Gasteiger partial charge in [0.1, 0.15) is 0 Å². The Hall–Kier alpha value is -2.17. The van der Waals surface area contributed by atoms with E-state index in [1.165, 1.54) is 4.90 Å². The highest BCUT2D eigenvalue weighted by Gasteiger charge is 2.28. The first-order chi connectivity index (χ1) is 8.61. The van der Waals surface area contributed by atoms with Gasteiger partial charge in [-0.25, -0.2) is 0 Å². The van der Waals surface area contributed by atoms with Crippen molar-refractivity contribution in [2.24, 2.45) is 0 Å². The summed E-state index contributed by atoms with van der Waals surface area (Å²) < 4.78 is 0. The molecule has 0 atom stereocenters. The van der Waals surface area contributed by atoms with Crippen LogP contribution in [0.2, 0.25) is 0 Å². The van der Waals surface area contributed by atoms with Crippen molar-refractivity contribution < 1.29 is 14.4 Å². The quantitative estimate of drug-likeness (QED) is 0.798. The first-order valence-electron chi connectivity index (χ1n) is 5.76. The number of rotatable bonds is 3. The maximum absolute atomic E-state index is 11.5. The minimum atomic E-state index is -0.158. The number of nitrogens with zero attached hydrogens (tertiary/aromatic N) is 1. The monoisotopic (exact) mass is 246 g/mol. The number of nitrogens with one attached hydrogen (secondary N) is 1. The number of benzene rings is 1. The van der Waals surface area contributed by atoms with Gasteiger partial charge in [-0.05, 0) is 17.7 Å². The summed E-state index contributed by atoms with van der Waals surface area (Å²) in [6, 6.07) is 6.87. The Morgan fingerprint density at radius 1 is 1.17 bits per heavy atom. The molecule has 0 aliphatic carbocycles. The Balaban J connectivity index is 2.09. The van der Waals surface area contributed by atoms with Crippen LogP contribution in [-0.4, -0.2) is 29.7 Å². The third kappa shape index (κ3) is 2.40. The second kappa shape index (κ2) is 5.00. The van der Waals surface area contributed by atoms with Crippen LogP contribution in [0.25, 0.3) is 0 Å². The van der Waals surface area contributed by atoms with Crippen molar-refractivity contribution in [3.05, 3.63) is 35.4 Å². The van der Waals surface area contributed by atoms with Crippen LogP contribution in [0.5, 0.6) is 0 Å². The van der Waals surface area contributed by atoms with Gasteiger partial charge in [0.15, 0.2) is 0 Å². The molecule has 5 heteroatoms. The van der Waals surface area contributed by atoms with Crippen LogP contribution in [0, 0.1) is 0 Å². The molecule has 1 saturated heterocycles. The molecule has 1 heterocycles. The molecule has 1 aromatic carbocycles. The third-order valence-corrected chi connectivity index (χ3v) is 2.94. The number of carbonyl (C=O) groups excluding carboxylic acids is 3. The minimum absolute atomic E-state index is 0.129. The van der Waals surface area contributed by atoms with Crippen molar-refractivity contribution in [3.63, 3.8) is 0 Å². The summed E-state index contributed by atoms with van der Waals surface area (Å²) in [5.74, 6) is -0.416. The lowest BCUT2D eigenvalue weighted by atomic mass is 10.1. The average molecular weight is 246 g/mol. The van der Waals surface area contributed by atoms with E-state index in [4.69, 9.17) is 0 Å². The molecule has 3 amide bonds. The molecular formula is C13H14N2O3. The SMILES string of the molecule is CNC(=O)c1ccc(CN2C(=O)CCC2=O)cc1. The van der Waals surface area contributed by atoms with Crippen molar-refractivity contribution in [2.45, 2.75) is 19.4 Å². The Bertz CT molecular complexity index is 477. The van der Waals surface area contributed by atoms with E-state index in [2.05, 4.69) is 5.32 Å². The van der Waals surface area contributed by atoms with Crippen molar-refractivity contribution >= 4 is 17.7 Å². The molecule has 1 N–H and O–H groups in total. The number of hydrogen-bond donors (Lipinski definition) is 1. The van der Waals surface area contributed by atoms with Crippen LogP contribution in [0.15, 0.2) is 24.3 Å². The van der Waals surface area contributed by atoms with Gasteiger partial charge in [-0.2, -0.15) is 0 Å². The molecule has 2 rings (SSSR count). The second-order valence-electron chi connectivity index (χ2n) is 4.15. The zero-order valence-electron chi connectivity index (χ0n) is 10.1. The lowest BCUT2D eigenvalue weighted by Crippen LogP contribution is -2.28. The fourth-order valence-electron chi connectivity index (χ4n) is 1.89. The van der Waals surface area contributed by atoms with Crippen LogP contribution in [-0.2, 0) is 16.1 Å².